The number of nitrogens with zero attached hydrogens (tertiary/aromatic N) is 3. The SMILES string of the molecule is C[C@]1(NC(=O)c2nn3ccc(Oc4ncccc4OCC(F)(F)F)cc3c2F)CCS(=O)(=O)C1. The Kier molecular flexibility index (Phi) is 5.87. The number of aromatic nitrogens is 3. The smallest absolute Gasteiger partial charge is 0.422 e. The number of hydrogen-bond donors (Lipinski definition) is 1. The number of ether oxygens (including phenoxy) is 2. The lowest BCUT2D eigenvalue weighted by molar-refractivity contribution is -0.153. The Morgan fingerprint density at radius 1 is 1.32 bits per heavy atom. The van der Waals surface area contributed by atoms with Crippen molar-refractivity contribution in [3.8, 4) is 17.4 Å². The highest BCUT2D eigenvalue weighted by Crippen LogP contribution is 2.31. The third kappa shape index (κ3) is 5.21. The molecule has 34 heavy (non-hydrogen) atoms. The highest BCUT2D eigenvalue weighted by Gasteiger charge is 2.40. The Balaban J connectivity index is 1.56. The highest BCUT2D eigenvalue weighted by atomic mass is 32.2. The van der Waals surface area contributed by atoms with Gasteiger partial charge in [-0.25, -0.2) is 22.3 Å². The zero-order valence-electron chi connectivity index (χ0n) is 17.6. The third-order valence-corrected chi connectivity index (χ3v) is 6.93. The van der Waals surface area contributed by atoms with Gasteiger partial charge in [-0.05, 0) is 31.5 Å². The Hall–Kier alpha value is -3.42. The Morgan fingerprint density at radius 3 is 2.76 bits per heavy atom. The van der Waals surface area contributed by atoms with E-state index in [0.29, 0.717) is 0 Å². The molecule has 1 aliphatic rings. The van der Waals surface area contributed by atoms with Crippen molar-refractivity contribution in [3.63, 3.8) is 0 Å². The van der Waals surface area contributed by atoms with Crippen molar-refractivity contribution in [2.75, 3.05) is 18.1 Å². The first-order valence-electron chi connectivity index (χ1n) is 9.87. The van der Waals surface area contributed by atoms with Crippen LogP contribution in [0.5, 0.6) is 17.4 Å². The Bertz CT molecular complexity index is 1360. The van der Waals surface area contributed by atoms with E-state index in [-0.39, 0.29) is 40.8 Å². The molecule has 4 heterocycles. The van der Waals surface area contributed by atoms with Crippen molar-refractivity contribution >= 4 is 21.3 Å². The first-order chi connectivity index (χ1) is 15.8. The number of rotatable bonds is 6. The van der Waals surface area contributed by atoms with E-state index in [1.165, 1.54) is 36.7 Å². The van der Waals surface area contributed by atoms with Crippen LogP contribution in [0.3, 0.4) is 0 Å². The minimum absolute atomic E-state index is 0.00247. The van der Waals surface area contributed by atoms with Gasteiger partial charge in [0.05, 0.1) is 17.0 Å². The topological polar surface area (TPSA) is 112 Å². The Morgan fingerprint density at radius 2 is 2.09 bits per heavy atom. The molecule has 0 radical (unpaired) electrons. The monoisotopic (exact) mass is 502 g/mol. The van der Waals surface area contributed by atoms with Crippen molar-refractivity contribution in [3.05, 3.63) is 48.2 Å². The van der Waals surface area contributed by atoms with Crippen LogP contribution < -0.4 is 14.8 Å². The lowest BCUT2D eigenvalue weighted by Gasteiger charge is -2.23. The van der Waals surface area contributed by atoms with Gasteiger partial charge in [0.2, 0.25) is 0 Å². The number of carbonyl (C=O) groups is 1. The molecular formula is C20H18F4N4O5S. The van der Waals surface area contributed by atoms with Gasteiger partial charge in [0.1, 0.15) is 11.3 Å². The molecule has 1 amide bonds. The summed E-state index contributed by atoms with van der Waals surface area (Å²) in [5, 5.41) is 6.44. The van der Waals surface area contributed by atoms with Gasteiger partial charge < -0.3 is 14.8 Å². The number of amides is 1. The minimum atomic E-state index is -4.57. The van der Waals surface area contributed by atoms with Gasteiger partial charge in [-0.1, -0.05) is 0 Å². The number of alkyl halides is 3. The average molecular weight is 502 g/mol. The molecule has 14 heteroatoms. The summed E-state index contributed by atoms with van der Waals surface area (Å²) in [4.78, 5) is 16.5. The number of fused-ring (bicyclic) bond motifs is 1. The van der Waals surface area contributed by atoms with Gasteiger partial charge in [-0.15, -0.1) is 0 Å². The van der Waals surface area contributed by atoms with E-state index < -0.39 is 45.6 Å². The molecule has 3 aromatic rings. The first-order valence-corrected chi connectivity index (χ1v) is 11.7. The molecule has 1 saturated heterocycles. The normalized spacial score (nSPS) is 19.8. The second-order valence-electron chi connectivity index (χ2n) is 8.02. The fourth-order valence-electron chi connectivity index (χ4n) is 3.48. The fourth-order valence-corrected chi connectivity index (χ4v) is 5.58. The van der Waals surface area contributed by atoms with Crippen molar-refractivity contribution in [2.45, 2.75) is 25.1 Å². The average Bonchev–Trinajstić information content (AvgIpc) is 3.22. The van der Waals surface area contributed by atoms with Gasteiger partial charge in [-0.3, -0.25) is 4.79 Å². The van der Waals surface area contributed by atoms with E-state index in [2.05, 4.69) is 15.4 Å². The van der Waals surface area contributed by atoms with E-state index in [1.54, 1.807) is 6.92 Å². The van der Waals surface area contributed by atoms with Gasteiger partial charge in [0.15, 0.2) is 33.7 Å². The van der Waals surface area contributed by atoms with Crippen molar-refractivity contribution < 1.29 is 40.2 Å². The summed E-state index contributed by atoms with van der Waals surface area (Å²) >= 11 is 0. The predicted molar refractivity (Wildman–Crippen MR) is 110 cm³/mol. The zero-order valence-corrected chi connectivity index (χ0v) is 18.4. The van der Waals surface area contributed by atoms with E-state index in [9.17, 15) is 30.8 Å². The molecule has 0 bridgehead atoms. The van der Waals surface area contributed by atoms with E-state index in [4.69, 9.17) is 9.47 Å². The molecule has 1 aliphatic heterocycles. The van der Waals surface area contributed by atoms with Gasteiger partial charge in [0.25, 0.3) is 11.8 Å². The third-order valence-electron chi connectivity index (χ3n) is 5.02. The van der Waals surface area contributed by atoms with Crippen LogP contribution in [-0.2, 0) is 9.84 Å². The minimum Gasteiger partial charge on any atom is -0.478 e. The van der Waals surface area contributed by atoms with Crippen LogP contribution in [0.4, 0.5) is 17.6 Å². The van der Waals surface area contributed by atoms with Crippen LogP contribution in [0.15, 0.2) is 36.7 Å². The standard InChI is InChI=1S/C20H18F4N4O5S/c1-19(5-8-34(30,31)11-19)26-17(29)16-15(21)13-9-12(4-7-28(13)27-16)33-18-14(3-2-6-25-18)32-10-20(22,23)24/h2-4,6-7,9H,5,8,10-11H2,1H3,(H,26,29)/t19-/m0/s1. The molecule has 0 spiro atoms. The molecule has 1 N–H and O–H groups in total. The Labute approximate surface area is 190 Å². The van der Waals surface area contributed by atoms with E-state index in [1.807, 2.05) is 0 Å². The molecule has 0 unspecified atom stereocenters. The van der Waals surface area contributed by atoms with Gasteiger partial charge >= 0.3 is 6.18 Å². The van der Waals surface area contributed by atoms with Crippen LogP contribution in [0.25, 0.3) is 5.52 Å². The van der Waals surface area contributed by atoms with Crippen LogP contribution in [-0.4, -0.2) is 58.8 Å². The lowest BCUT2D eigenvalue weighted by atomic mass is 10.0. The summed E-state index contributed by atoms with van der Waals surface area (Å²) in [7, 11) is -3.30. The maximum Gasteiger partial charge on any atom is 0.422 e. The first kappa shape index (κ1) is 23.7. The summed E-state index contributed by atoms with van der Waals surface area (Å²) in [5.41, 5.74) is -1.74. The van der Waals surface area contributed by atoms with E-state index >= 15 is 0 Å². The molecule has 4 rings (SSSR count). The second kappa shape index (κ2) is 8.42. The van der Waals surface area contributed by atoms with Crippen LogP contribution in [0, 0.1) is 5.82 Å². The molecular weight excluding hydrogens is 484 g/mol. The zero-order chi connectivity index (χ0) is 24.7. The maximum atomic E-state index is 15.0. The van der Waals surface area contributed by atoms with Gasteiger partial charge in [0, 0.05) is 18.5 Å². The lowest BCUT2D eigenvalue weighted by Crippen LogP contribution is -2.47. The quantitative estimate of drug-likeness (QED) is 0.516. The molecule has 182 valence electrons. The number of hydrogen-bond acceptors (Lipinski definition) is 7. The maximum absolute atomic E-state index is 15.0. The molecule has 9 nitrogen and oxygen atoms in total. The number of halogens is 4. The number of nitrogens with one attached hydrogen (secondary N) is 1. The number of sulfone groups is 1. The van der Waals surface area contributed by atoms with Crippen molar-refractivity contribution in [2.24, 2.45) is 0 Å². The summed E-state index contributed by atoms with van der Waals surface area (Å²) in [6.07, 6.45) is -1.81. The molecule has 3 aromatic heterocycles. The molecule has 0 saturated carbocycles. The largest absolute Gasteiger partial charge is 0.478 e. The summed E-state index contributed by atoms with van der Waals surface area (Å²) in [6.45, 7) is 0.00440. The van der Waals surface area contributed by atoms with Crippen LogP contribution in [0.2, 0.25) is 0 Å². The fraction of sp³-hybridized carbons (Fsp3) is 0.350. The molecule has 1 fully saturated rings. The summed E-state index contributed by atoms with van der Waals surface area (Å²) < 4.78 is 87.2. The molecule has 0 aliphatic carbocycles. The van der Waals surface area contributed by atoms with Crippen molar-refractivity contribution in [1.29, 1.82) is 0 Å². The second-order valence-corrected chi connectivity index (χ2v) is 10.2. The molecule has 0 aromatic carbocycles. The molecule has 1 atom stereocenters. The number of pyridine rings is 2. The van der Waals surface area contributed by atoms with Crippen LogP contribution >= 0.6 is 0 Å². The summed E-state index contributed by atoms with van der Waals surface area (Å²) in [6, 6.07) is 5.12. The predicted octanol–water partition coefficient (Wildman–Crippen LogP) is 2.91. The number of carbonyl (C=O) groups excluding carboxylic acids is 1. The summed E-state index contributed by atoms with van der Waals surface area (Å²) in [5.74, 6) is -2.75. The van der Waals surface area contributed by atoms with Crippen molar-refractivity contribution in [1.82, 2.24) is 19.9 Å². The van der Waals surface area contributed by atoms with Gasteiger partial charge in [-0.2, -0.15) is 18.3 Å². The highest BCUT2D eigenvalue weighted by molar-refractivity contribution is 7.91. The van der Waals surface area contributed by atoms with E-state index in [0.717, 1.165) is 4.52 Å². The van der Waals surface area contributed by atoms with Crippen LogP contribution in [0.1, 0.15) is 23.8 Å².